The maximum Gasteiger partial charge on any atom is 0.414 e. The molecule has 2 aromatic heterocycles. The summed E-state index contributed by atoms with van der Waals surface area (Å²) in [6.07, 6.45) is 1.67. The number of ether oxygens (including phenoxy) is 1. The number of hydrogen-bond donors (Lipinski definition) is 0. The molecule has 138 valence electrons. The number of halogens is 1. The van der Waals surface area contributed by atoms with E-state index in [2.05, 4.69) is 20.4 Å². The van der Waals surface area contributed by atoms with Crippen LogP contribution in [0, 0.1) is 5.82 Å². The van der Waals surface area contributed by atoms with Crippen LogP contribution in [0.5, 0.6) is 0 Å². The van der Waals surface area contributed by atoms with Crippen molar-refractivity contribution >= 4 is 11.8 Å². The smallest absolute Gasteiger partial charge is 0.414 e. The Morgan fingerprint density at radius 2 is 2.15 bits per heavy atom. The summed E-state index contributed by atoms with van der Waals surface area (Å²) >= 11 is 0. The van der Waals surface area contributed by atoms with E-state index in [4.69, 9.17) is 4.74 Å². The summed E-state index contributed by atoms with van der Waals surface area (Å²) in [6.45, 7) is 2.37. The van der Waals surface area contributed by atoms with Gasteiger partial charge in [-0.15, -0.1) is 10.2 Å². The first-order chi connectivity index (χ1) is 13.0. The van der Waals surface area contributed by atoms with Gasteiger partial charge in [-0.3, -0.25) is 9.88 Å². The number of tetrazole rings is 1. The van der Waals surface area contributed by atoms with Gasteiger partial charge in [0.15, 0.2) is 0 Å². The van der Waals surface area contributed by atoms with Gasteiger partial charge in [-0.05, 0) is 35.9 Å². The lowest BCUT2D eigenvalue weighted by molar-refractivity contribution is 0.139. The minimum absolute atomic E-state index is 0.160. The molecule has 0 saturated carbocycles. The Kier molecular flexibility index (Phi) is 4.27. The van der Waals surface area contributed by atoms with Gasteiger partial charge < -0.3 is 4.74 Å². The topological polar surface area (TPSA) is 86.0 Å². The van der Waals surface area contributed by atoms with Crippen LogP contribution in [0.2, 0.25) is 0 Å². The number of nitrogens with zero attached hydrogens (tertiary/aromatic N) is 6. The number of carbonyl (C=O) groups is 1. The van der Waals surface area contributed by atoms with Crippen LogP contribution in [0.15, 0.2) is 36.5 Å². The van der Waals surface area contributed by atoms with Gasteiger partial charge in [-0.25, -0.2) is 9.18 Å². The molecule has 1 saturated heterocycles. The number of carbonyl (C=O) groups excluding carboxylic acids is 1. The summed E-state index contributed by atoms with van der Waals surface area (Å²) in [5.74, 6) is -0.0367. The molecule has 8 nitrogen and oxygen atoms in total. The summed E-state index contributed by atoms with van der Waals surface area (Å²) in [5.41, 5.74) is 2.03. The van der Waals surface area contributed by atoms with Gasteiger partial charge >= 0.3 is 6.09 Å². The summed E-state index contributed by atoms with van der Waals surface area (Å²) in [5, 5.41) is 11.7. The molecule has 0 N–H and O–H groups in total. The van der Waals surface area contributed by atoms with E-state index in [-0.39, 0.29) is 6.10 Å². The van der Waals surface area contributed by atoms with Crippen LogP contribution >= 0.6 is 0 Å². The predicted molar refractivity (Wildman–Crippen MR) is 95.3 cm³/mol. The zero-order valence-corrected chi connectivity index (χ0v) is 14.8. The third kappa shape index (κ3) is 3.23. The van der Waals surface area contributed by atoms with Gasteiger partial charge in [-0.2, -0.15) is 4.80 Å². The van der Waals surface area contributed by atoms with Crippen molar-refractivity contribution in [1.29, 1.82) is 0 Å². The number of aromatic nitrogens is 5. The molecule has 0 aliphatic carbocycles. The van der Waals surface area contributed by atoms with Crippen LogP contribution in [0.4, 0.5) is 14.9 Å². The van der Waals surface area contributed by atoms with Crippen molar-refractivity contribution in [2.75, 3.05) is 11.4 Å². The van der Waals surface area contributed by atoms with E-state index in [0.29, 0.717) is 34.9 Å². The summed E-state index contributed by atoms with van der Waals surface area (Å²) in [7, 11) is 1.67. The molecule has 3 aromatic rings. The molecule has 1 aromatic carbocycles. The molecular formula is C18H17FN6O2. The molecule has 1 aliphatic heterocycles. The van der Waals surface area contributed by atoms with Crippen molar-refractivity contribution in [1.82, 2.24) is 25.2 Å². The summed E-state index contributed by atoms with van der Waals surface area (Å²) in [6, 6.07) is 8.13. The molecule has 0 spiro atoms. The quantitative estimate of drug-likeness (QED) is 0.704. The number of benzene rings is 1. The molecule has 1 amide bonds. The van der Waals surface area contributed by atoms with Gasteiger partial charge in [0.1, 0.15) is 17.6 Å². The standard InChI is InChI=1S/C18H17FN6O2/c1-3-13-10-25(18(26)27-13)12-5-6-14(15(19)8-12)11-4-7-16(20-9-11)17-21-23-24(2)22-17/h4-9,13H,3,10H2,1-2H3/t13-/m0/s1. The van der Waals surface area contributed by atoms with E-state index in [9.17, 15) is 9.18 Å². The van der Waals surface area contributed by atoms with Crippen LogP contribution < -0.4 is 4.90 Å². The number of pyridine rings is 1. The van der Waals surface area contributed by atoms with E-state index in [1.54, 1.807) is 37.5 Å². The number of anilines is 1. The SMILES string of the molecule is CC[C@H]1CN(c2ccc(-c3ccc(-c4nnn(C)n4)nc3)c(F)c2)C(=O)O1. The number of hydrogen-bond acceptors (Lipinski definition) is 6. The van der Waals surface area contributed by atoms with E-state index >= 15 is 0 Å². The average Bonchev–Trinajstić information content (AvgIpc) is 3.27. The van der Waals surface area contributed by atoms with Crippen molar-refractivity contribution in [3.63, 3.8) is 0 Å². The largest absolute Gasteiger partial charge is 0.444 e. The first-order valence-electron chi connectivity index (χ1n) is 8.53. The van der Waals surface area contributed by atoms with Crippen molar-refractivity contribution < 1.29 is 13.9 Å². The minimum atomic E-state index is -0.448. The highest BCUT2D eigenvalue weighted by Crippen LogP contribution is 2.29. The van der Waals surface area contributed by atoms with E-state index < -0.39 is 11.9 Å². The molecule has 1 fully saturated rings. The number of aryl methyl sites for hydroxylation is 1. The molecular weight excluding hydrogens is 351 g/mol. The van der Waals surface area contributed by atoms with Crippen LogP contribution in [0.1, 0.15) is 13.3 Å². The second kappa shape index (κ2) is 6.75. The van der Waals surface area contributed by atoms with E-state index in [1.165, 1.54) is 15.8 Å². The Balaban J connectivity index is 1.58. The van der Waals surface area contributed by atoms with Crippen molar-refractivity contribution in [2.45, 2.75) is 19.4 Å². The van der Waals surface area contributed by atoms with E-state index in [0.717, 1.165) is 6.42 Å². The highest BCUT2D eigenvalue weighted by Gasteiger charge is 2.31. The lowest BCUT2D eigenvalue weighted by atomic mass is 10.1. The molecule has 0 bridgehead atoms. The van der Waals surface area contributed by atoms with Gasteiger partial charge in [0, 0.05) is 17.3 Å². The Labute approximate surface area is 154 Å². The Morgan fingerprint density at radius 1 is 1.30 bits per heavy atom. The molecule has 27 heavy (non-hydrogen) atoms. The van der Waals surface area contributed by atoms with Crippen LogP contribution in [-0.2, 0) is 11.8 Å². The van der Waals surface area contributed by atoms with Crippen molar-refractivity contribution in [3.8, 4) is 22.6 Å². The molecule has 3 heterocycles. The van der Waals surface area contributed by atoms with Crippen molar-refractivity contribution in [2.24, 2.45) is 7.05 Å². The zero-order valence-electron chi connectivity index (χ0n) is 14.8. The number of cyclic esters (lactones) is 1. The molecule has 9 heteroatoms. The van der Waals surface area contributed by atoms with Crippen LogP contribution in [-0.4, -0.2) is 43.9 Å². The zero-order chi connectivity index (χ0) is 19.0. The van der Waals surface area contributed by atoms with Crippen LogP contribution in [0.25, 0.3) is 22.6 Å². The first kappa shape index (κ1) is 17.1. The maximum absolute atomic E-state index is 14.7. The molecule has 1 aliphatic rings. The Morgan fingerprint density at radius 3 is 2.74 bits per heavy atom. The van der Waals surface area contributed by atoms with E-state index in [1.807, 2.05) is 6.92 Å². The summed E-state index contributed by atoms with van der Waals surface area (Å²) < 4.78 is 19.9. The lowest BCUT2D eigenvalue weighted by Crippen LogP contribution is -2.24. The normalized spacial score (nSPS) is 16.6. The minimum Gasteiger partial charge on any atom is -0.444 e. The van der Waals surface area contributed by atoms with Gasteiger partial charge in [-0.1, -0.05) is 13.0 Å². The molecule has 4 rings (SSSR count). The Hall–Kier alpha value is -3.36. The second-order valence-electron chi connectivity index (χ2n) is 6.22. The number of rotatable bonds is 4. The fraction of sp³-hybridized carbons (Fsp3) is 0.278. The molecule has 0 radical (unpaired) electrons. The molecule has 0 unspecified atom stereocenters. The van der Waals surface area contributed by atoms with Gasteiger partial charge in [0.25, 0.3) is 0 Å². The van der Waals surface area contributed by atoms with Gasteiger partial charge in [0.2, 0.25) is 5.82 Å². The summed E-state index contributed by atoms with van der Waals surface area (Å²) in [4.78, 5) is 19.0. The highest BCUT2D eigenvalue weighted by atomic mass is 19.1. The fourth-order valence-corrected chi connectivity index (χ4v) is 2.92. The predicted octanol–water partition coefficient (Wildman–Crippen LogP) is 2.81. The highest BCUT2D eigenvalue weighted by molar-refractivity contribution is 5.90. The Bertz CT molecular complexity index is 988. The monoisotopic (exact) mass is 368 g/mol. The average molecular weight is 368 g/mol. The number of amides is 1. The maximum atomic E-state index is 14.7. The third-order valence-electron chi connectivity index (χ3n) is 4.41. The first-order valence-corrected chi connectivity index (χ1v) is 8.53. The fourth-order valence-electron chi connectivity index (χ4n) is 2.92. The van der Waals surface area contributed by atoms with Crippen LogP contribution in [0.3, 0.4) is 0 Å². The lowest BCUT2D eigenvalue weighted by Gasteiger charge is -2.14. The molecule has 1 atom stereocenters. The second-order valence-corrected chi connectivity index (χ2v) is 6.22. The third-order valence-corrected chi connectivity index (χ3v) is 4.41. The van der Waals surface area contributed by atoms with Crippen molar-refractivity contribution in [3.05, 3.63) is 42.3 Å². The van der Waals surface area contributed by atoms with Gasteiger partial charge in [0.05, 0.1) is 19.3 Å².